The predicted molar refractivity (Wildman–Crippen MR) is 43.0 cm³/mol. The fourth-order valence-corrected chi connectivity index (χ4v) is 2.07. The Morgan fingerprint density at radius 2 is 1.46 bits per heavy atom. The Balaban J connectivity index is 2.48. The van der Waals surface area contributed by atoms with Gasteiger partial charge in [0.05, 0.1) is 11.1 Å². The van der Waals surface area contributed by atoms with Gasteiger partial charge in [0.1, 0.15) is 0 Å². The van der Waals surface area contributed by atoms with Crippen molar-refractivity contribution >= 4 is 11.9 Å². The lowest BCUT2D eigenvalue weighted by Crippen LogP contribution is -2.14. The van der Waals surface area contributed by atoms with Gasteiger partial charge < -0.3 is 10.2 Å². The van der Waals surface area contributed by atoms with E-state index in [1.54, 1.807) is 12.2 Å². The van der Waals surface area contributed by atoms with E-state index < -0.39 is 11.9 Å². The number of fused-ring (bicyclic) bond motifs is 2. The van der Waals surface area contributed by atoms with Crippen molar-refractivity contribution in [2.45, 2.75) is 6.42 Å². The Morgan fingerprint density at radius 1 is 1.08 bits per heavy atom. The number of carboxylic acid groups (broad SMARTS) is 2. The molecule has 2 N–H and O–H groups in total. The van der Waals surface area contributed by atoms with Crippen molar-refractivity contribution in [3.8, 4) is 0 Å². The van der Waals surface area contributed by atoms with Gasteiger partial charge in [0.2, 0.25) is 0 Å². The first-order chi connectivity index (χ1) is 6.11. The highest BCUT2D eigenvalue weighted by Crippen LogP contribution is 2.43. The Labute approximate surface area is 74.2 Å². The van der Waals surface area contributed by atoms with Gasteiger partial charge in [0, 0.05) is 11.8 Å². The molecule has 2 atom stereocenters. The van der Waals surface area contributed by atoms with Gasteiger partial charge in [0.25, 0.3) is 0 Å². The summed E-state index contributed by atoms with van der Waals surface area (Å²) in [5, 5.41) is 17.6. The lowest BCUT2D eigenvalue weighted by Gasteiger charge is -2.08. The molecule has 0 amide bonds. The molecular formula is C9H8O4. The summed E-state index contributed by atoms with van der Waals surface area (Å²) in [4.78, 5) is 21.5. The summed E-state index contributed by atoms with van der Waals surface area (Å²) in [6.07, 6.45) is 4.17. The third-order valence-electron chi connectivity index (χ3n) is 2.58. The molecule has 2 rings (SSSR count). The maximum absolute atomic E-state index is 10.8. The van der Waals surface area contributed by atoms with E-state index >= 15 is 0 Å². The van der Waals surface area contributed by atoms with E-state index in [0.717, 1.165) is 0 Å². The van der Waals surface area contributed by atoms with E-state index in [9.17, 15) is 9.59 Å². The molecule has 0 saturated heterocycles. The van der Waals surface area contributed by atoms with Crippen LogP contribution in [0.5, 0.6) is 0 Å². The molecule has 0 saturated carbocycles. The standard InChI is InChI=1S/C9H8O4/c10-8(11)6-4-1-2-5(3-4)7(6)9(12)13/h1-2,4-5H,3H2,(H,10,11)(H,12,13)/t4-,5+. The maximum Gasteiger partial charge on any atom is 0.332 e. The molecule has 0 aromatic carbocycles. The van der Waals surface area contributed by atoms with Crippen LogP contribution in [0.1, 0.15) is 6.42 Å². The summed E-state index contributed by atoms with van der Waals surface area (Å²) in [5.41, 5.74) is 0.139. The maximum atomic E-state index is 10.8. The number of carbonyl (C=O) groups is 2. The van der Waals surface area contributed by atoms with Crippen LogP contribution in [0, 0.1) is 11.8 Å². The second-order valence-corrected chi connectivity index (χ2v) is 3.27. The minimum atomic E-state index is -1.10. The van der Waals surface area contributed by atoms with Crippen LogP contribution in [0.2, 0.25) is 0 Å². The normalized spacial score (nSPS) is 29.8. The molecule has 0 aromatic rings. The van der Waals surface area contributed by atoms with E-state index in [2.05, 4.69) is 0 Å². The van der Waals surface area contributed by atoms with Crippen LogP contribution in [0.3, 0.4) is 0 Å². The number of aliphatic carboxylic acids is 2. The van der Waals surface area contributed by atoms with Crippen LogP contribution in [-0.2, 0) is 9.59 Å². The topological polar surface area (TPSA) is 74.6 Å². The monoisotopic (exact) mass is 180 g/mol. The summed E-state index contributed by atoms with van der Waals surface area (Å²) in [6.45, 7) is 0. The van der Waals surface area contributed by atoms with Crippen LogP contribution in [0.4, 0.5) is 0 Å². The molecule has 2 bridgehead atoms. The molecule has 0 aromatic heterocycles. The molecule has 0 spiro atoms. The van der Waals surface area contributed by atoms with Gasteiger partial charge in [0.15, 0.2) is 0 Å². The molecule has 0 fully saturated rings. The number of rotatable bonds is 2. The van der Waals surface area contributed by atoms with Crippen molar-refractivity contribution in [3.05, 3.63) is 23.3 Å². The van der Waals surface area contributed by atoms with Crippen molar-refractivity contribution in [1.82, 2.24) is 0 Å². The third kappa shape index (κ3) is 0.983. The summed E-state index contributed by atoms with van der Waals surface area (Å²) < 4.78 is 0. The lowest BCUT2D eigenvalue weighted by molar-refractivity contribution is -0.136. The van der Waals surface area contributed by atoms with E-state index in [0.29, 0.717) is 6.42 Å². The van der Waals surface area contributed by atoms with E-state index in [1.165, 1.54) is 0 Å². The number of hydrogen-bond acceptors (Lipinski definition) is 2. The van der Waals surface area contributed by atoms with E-state index in [-0.39, 0.29) is 23.0 Å². The summed E-state index contributed by atoms with van der Waals surface area (Å²) in [5.74, 6) is -2.58. The summed E-state index contributed by atoms with van der Waals surface area (Å²) in [7, 11) is 0. The summed E-state index contributed by atoms with van der Waals surface area (Å²) in [6, 6.07) is 0. The fraction of sp³-hybridized carbons (Fsp3) is 0.333. The Hall–Kier alpha value is -1.58. The molecule has 0 radical (unpaired) electrons. The second kappa shape index (κ2) is 2.45. The summed E-state index contributed by atoms with van der Waals surface area (Å²) >= 11 is 0. The van der Waals surface area contributed by atoms with Crippen molar-refractivity contribution in [1.29, 1.82) is 0 Å². The molecule has 2 aliphatic rings. The zero-order chi connectivity index (χ0) is 9.59. The first-order valence-electron chi connectivity index (χ1n) is 4.00. The highest BCUT2D eigenvalue weighted by Gasteiger charge is 2.41. The molecular weight excluding hydrogens is 172 g/mol. The van der Waals surface area contributed by atoms with Crippen LogP contribution >= 0.6 is 0 Å². The van der Waals surface area contributed by atoms with Crippen molar-refractivity contribution in [3.63, 3.8) is 0 Å². The number of allylic oxidation sites excluding steroid dienone is 2. The van der Waals surface area contributed by atoms with Crippen LogP contribution in [0.25, 0.3) is 0 Å². The lowest BCUT2D eigenvalue weighted by atomic mass is 9.97. The first-order valence-corrected chi connectivity index (χ1v) is 4.00. The van der Waals surface area contributed by atoms with Gasteiger partial charge >= 0.3 is 11.9 Å². The van der Waals surface area contributed by atoms with Crippen molar-refractivity contribution in [2.24, 2.45) is 11.8 Å². The fourth-order valence-electron chi connectivity index (χ4n) is 2.07. The van der Waals surface area contributed by atoms with Gasteiger partial charge in [-0.05, 0) is 6.42 Å². The molecule has 4 nitrogen and oxygen atoms in total. The molecule has 0 heterocycles. The zero-order valence-corrected chi connectivity index (χ0v) is 6.73. The quantitative estimate of drug-likeness (QED) is 0.612. The van der Waals surface area contributed by atoms with Crippen LogP contribution in [0.15, 0.2) is 23.3 Å². The molecule has 0 unspecified atom stereocenters. The Kier molecular flexibility index (Phi) is 1.52. The number of carboxylic acids is 2. The minimum absolute atomic E-state index is 0.0694. The van der Waals surface area contributed by atoms with E-state index in [1.807, 2.05) is 0 Å². The van der Waals surface area contributed by atoms with Crippen molar-refractivity contribution in [2.75, 3.05) is 0 Å². The molecule has 4 heteroatoms. The van der Waals surface area contributed by atoms with Gasteiger partial charge in [-0.3, -0.25) is 0 Å². The predicted octanol–water partition coefficient (Wildman–Crippen LogP) is 0.658. The third-order valence-corrected chi connectivity index (χ3v) is 2.58. The smallest absolute Gasteiger partial charge is 0.332 e. The molecule has 13 heavy (non-hydrogen) atoms. The SMILES string of the molecule is O=C(O)C1=C(C(=O)O)[C@H]2C=C[C@@H]1C2. The van der Waals surface area contributed by atoms with Crippen molar-refractivity contribution < 1.29 is 19.8 Å². The minimum Gasteiger partial charge on any atom is -0.478 e. The Morgan fingerprint density at radius 3 is 1.77 bits per heavy atom. The first kappa shape index (κ1) is 8.04. The molecule has 0 aliphatic heterocycles. The number of hydrogen-bond donors (Lipinski definition) is 2. The van der Waals surface area contributed by atoms with Gasteiger partial charge in [-0.1, -0.05) is 12.2 Å². The molecule has 2 aliphatic carbocycles. The van der Waals surface area contributed by atoms with Crippen LogP contribution in [-0.4, -0.2) is 22.2 Å². The Bertz CT molecular complexity index is 319. The van der Waals surface area contributed by atoms with Crippen LogP contribution < -0.4 is 0 Å². The molecule has 68 valence electrons. The highest BCUT2D eigenvalue weighted by molar-refractivity contribution is 6.01. The highest BCUT2D eigenvalue weighted by atomic mass is 16.4. The second-order valence-electron chi connectivity index (χ2n) is 3.27. The van der Waals surface area contributed by atoms with Gasteiger partial charge in [-0.25, -0.2) is 9.59 Å². The average molecular weight is 180 g/mol. The van der Waals surface area contributed by atoms with E-state index in [4.69, 9.17) is 10.2 Å². The van der Waals surface area contributed by atoms with Gasteiger partial charge in [-0.15, -0.1) is 0 Å². The van der Waals surface area contributed by atoms with Gasteiger partial charge in [-0.2, -0.15) is 0 Å². The largest absolute Gasteiger partial charge is 0.478 e. The zero-order valence-electron chi connectivity index (χ0n) is 6.73. The average Bonchev–Trinajstić information content (AvgIpc) is 2.60.